The first-order chi connectivity index (χ1) is 3.63. The summed E-state index contributed by atoms with van der Waals surface area (Å²) in [5.74, 6) is 0. The molecule has 0 heterocycles. The summed E-state index contributed by atoms with van der Waals surface area (Å²) in [6, 6.07) is 0. The molecular weight excluding hydrogens is 48.0 g/mol. The van der Waals surface area contributed by atoms with Crippen LogP contribution in [0.3, 0.4) is 0 Å². The molecule has 0 aromatic rings. The summed E-state index contributed by atoms with van der Waals surface area (Å²) in [5.41, 5.74) is 3.87. The van der Waals surface area contributed by atoms with Gasteiger partial charge in [-0.1, -0.05) is 11.5 Å². The molecule has 0 spiro atoms. The quantitative estimate of drug-likeness (QED) is 0.365. The van der Waals surface area contributed by atoms with Gasteiger partial charge in [0.15, 0.2) is 0 Å². The van der Waals surface area contributed by atoms with E-state index in [9.17, 15) is 0 Å². The summed E-state index contributed by atoms with van der Waals surface area (Å²) in [6.07, 6.45) is 0. The van der Waals surface area contributed by atoms with Gasteiger partial charge in [-0.25, -0.2) is 0 Å². The largest absolute Gasteiger partial charge is 0.0788 e. The van der Waals surface area contributed by atoms with E-state index in [4.69, 9.17) is 5.48 Å². The SMILES string of the molecule is [2H]C([2H])=C=C=C([2H])[2H]. The Balaban J connectivity index is 4.47. The van der Waals surface area contributed by atoms with Crippen LogP contribution in [-0.4, -0.2) is 0 Å². The third-order valence-electron chi connectivity index (χ3n) is 0.0625. The van der Waals surface area contributed by atoms with Gasteiger partial charge in [-0.05, 0) is 13.1 Å². The zero-order valence-corrected chi connectivity index (χ0v) is 2.00. The maximum absolute atomic E-state index is 6.40. The Bertz CT molecular complexity index is 140. The first-order valence-electron chi connectivity index (χ1n) is 2.75. The molecule has 0 heteroatoms. The van der Waals surface area contributed by atoms with Crippen molar-refractivity contribution >= 4 is 0 Å². The van der Waals surface area contributed by atoms with Crippen molar-refractivity contribution in [2.75, 3.05) is 0 Å². The van der Waals surface area contributed by atoms with E-state index in [1.807, 2.05) is 11.5 Å². The van der Waals surface area contributed by atoms with E-state index in [0.29, 0.717) is 0 Å². The normalized spacial score (nSPS) is 15.0. The molecule has 4 heavy (non-hydrogen) atoms. The predicted octanol–water partition coefficient (Wildman–Crippen LogP) is 1.11. The van der Waals surface area contributed by atoms with Crippen LogP contribution in [-0.2, 0) is 0 Å². The van der Waals surface area contributed by atoms with Crippen LogP contribution in [0.1, 0.15) is 5.48 Å². The second-order valence-corrected chi connectivity index (χ2v) is 0.250. The van der Waals surface area contributed by atoms with Gasteiger partial charge in [0.2, 0.25) is 0 Å². The Labute approximate surface area is 31.4 Å². The summed E-state index contributed by atoms with van der Waals surface area (Å²) < 4.78 is 25.6. The van der Waals surface area contributed by atoms with Gasteiger partial charge in [0, 0.05) is 0 Å². The minimum absolute atomic E-state index is 0.568. The first kappa shape index (κ1) is 0.440. The van der Waals surface area contributed by atoms with Crippen LogP contribution in [0.2, 0.25) is 0 Å². The van der Waals surface area contributed by atoms with Crippen LogP contribution in [0.15, 0.2) is 24.5 Å². The molecule has 0 N–H and O–H groups in total. The van der Waals surface area contributed by atoms with E-state index in [0.717, 1.165) is 0 Å². The van der Waals surface area contributed by atoms with Crippen molar-refractivity contribution < 1.29 is 5.48 Å². The molecule has 0 aliphatic rings. The first-order valence-corrected chi connectivity index (χ1v) is 0.750. The lowest BCUT2D eigenvalue weighted by molar-refractivity contribution is 2.37. The molecule has 0 unspecified atom stereocenters. The van der Waals surface area contributed by atoms with Crippen molar-refractivity contribution in [3.05, 3.63) is 24.5 Å². The maximum atomic E-state index is 6.40. The van der Waals surface area contributed by atoms with Gasteiger partial charge in [-0.3, -0.25) is 0 Å². The molecule has 20 valence electrons. The second-order valence-electron chi connectivity index (χ2n) is 0.250. The fourth-order valence-electron chi connectivity index (χ4n) is 0. The number of hydrogen-bond donors (Lipinski definition) is 0. The lowest BCUT2D eigenvalue weighted by Crippen LogP contribution is -0.988. The van der Waals surface area contributed by atoms with Crippen LogP contribution in [0.4, 0.5) is 0 Å². The van der Waals surface area contributed by atoms with E-state index < -0.39 is 13.1 Å². The molecule has 0 aliphatic carbocycles. The van der Waals surface area contributed by atoms with Crippen molar-refractivity contribution in [3.63, 3.8) is 0 Å². The summed E-state index contributed by atoms with van der Waals surface area (Å²) in [4.78, 5) is 0. The minimum atomic E-state index is -0.568. The molecule has 0 fully saturated rings. The molecule has 0 amide bonds. The molecular formula is C4H4. The fraction of sp³-hybridized carbons (Fsp3) is 0. The average molecular weight is 56.1 g/mol. The number of hydrogen-bond acceptors (Lipinski definition) is 0. The van der Waals surface area contributed by atoms with Gasteiger partial charge in [0.1, 0.15) is 0 Å². The van der Waals surface area contributed by atoms with Crippen LogP contribution in [0.25, 0.3) is 0 Å². The van der Waals surface area contributed by atoms with Crippen molar-refractivity contribution in [3.8, 4) is 0 Å². The van der Waals surface area contributed by atoms with Gasteiger partial charge < -0.3 is 0 Å². The van der Waals surface area contributed by atoms with E-state index >= 15 is 0 Å². The van der Waals surface area contributed by atoms with Crippen molar-refractivity contribution in [1.29, 1.82) is 0 Å². The molecule has 0 saturated carbocycles. The van der Waals surface area contributed by atoms with E-state index in [1.54, 1.807) is 0 Å². The lowest BCUT2D eigenvalue weighted by Gasteiger charge is -1.21. The molecule has 0 rings (SSSR count). The second kappa shape index (κ2) is 2.30. The zero-order chi connectivity index (χ0) is 6.57. The van der Waals surface area contributed by atoms with Crippen molar-refractivity contribution in [2.24, 2.45) is 0 Å². The molecule has 0 atom stereocenters. The lowest BCUT2D eigenvalue weighted by atomic mass is 10.9. The Kier molecular flexibility index (Phi) is 0.253. The highest BCUT2D eigenvalue weighted by Crippen LogP contribution is 1.30. The summed E-state index contributed by atoms with van der Waals surface area (Å²) in [7, 11) is 0. The van der Waals surface area contributed by atoms with E-state index in [1.165, 1.54) is 0 Å². The van der Waals surface area contributed by atoms with Crippen LogP contribution >= 0.6 is 0 Å². The summed E-state index contributed by atoms with van der Waals surface area (Å²) in [5, 5.41) is 0. The summed E-state index contributed by atoms with van der Waals surface area (Å²) >= 11 is 0. The van der Waals surface area contributed by atoms with E-state index in [2.05, 4.69) is 0 Å². The van der Waals surface area contributed by atoms with Gasteiger partial charge in [0.25, 0.3) is 0 Å². The van der Waals surface area contributed by atoms with Crippen molar-refractivity contribution in [2.45, 2.75) is 0 Å². The molecule has 0 bridgehead atoms. The van der Waals surface area contributed by atoms with Crippen LogP contribution in [0, 0.1) is 0 Å². The Morgan fingerprint density at radius 1 is 1.50 bits per heavy atom. The fourth-order valence-corrected chi connectivity index (χ4v) is 0. The van der Waals surface area contributed by atoms with E-state index in [-0.39, 0.29) is 0 Å². The predicted molar refractivity (Wildman–Crippen MR) is 18.3 cm³/mol. The van der Waals surface area contributed by atoms with Gasteiger partial charge in [-0.2, -0.15) is 0 Å². The summed E-state index contributed by atoms with van der Waals surface area (Å²) in [6.45, 7) is -1.14. The standard InChI is InChI=1S/C4H4/c1-3-4-2/h1-2H2/i1D2,2D2. The molecule has 0 aromatic heterocycles. The Morgan fingerprint density at radius 3 is 2.25 bits per heavy atom. The monoisotopic (exact) mass is 56.1 g/mol. The highest BCUT2D eigenvalue weighted by Gasteiger charge is 1.08. The van der Waals surface area contributed by atoms with Gasteiger partial charge >= 0.3 is 0 Å². The van der Waals surface area contributed by atoms with Crippen LogP contribution in [0.5, 0.6) is 0 Å². The molecule has 0 aromatic carbocycles. The number of rotatable bonds is 0. The molecule has 0 saturated heterocycles. The topological polar surface area (TPSA) is 0 Å². The Morgan fingerprint density at radius 2 is 2.00 bits per heavy atom. The smallest absolute Gasteiger partial charge is 0.0634 e. The highest BCUT2D eigenvalue weighted by atomic mass is 13.2. The molecule has 0 aliphatic heterocycles. The molecule has 0 radical (unpaired) electrons. The third kappa shape index (κ3) is 1.30. The third-order valence-corrected chi connectivity index (χ3v) is 0.0625. The maximum Gasteiger partial charge on any atom is 0.0634 e. The van der Waals surface area contributed by atoms with Gasteiger partial charge in [0.05, 0.1) is 5.48 Å². The minimum Gasteiger partial charge on any atom is -0.0788 e. The van der Waals surface area contributed by atoms with Crippen LogP contribution < -0.4 is 0 Å². The molecule has 0 nitrogen and oxygen atoms in total. The Hall–Kier alpha value is -0.700. The highest BCUT2D eigenvalue weighted by molar-refractivity contribution is 4.66. The van der Waals surface area contributed by atoms with Gasteiger partial charge in [-0.15, -0.1) is 0 Å². The zero-order valence-electron chi connectivity index (χ0n) is 6.00. The van der Waals surface area contributed by atoms with Crippen molar-refractivity contribution in [1.82, 2.24) is 0 Å². The average Bonchev–Trinajstić information content (AvgIpc) is 1.61.